The topological polar surface area (TPSA) is 78.1 Å². The monoisotopic (exact) mass is 448 g/mol. The Morgan fingerprint density at radius 1 is 1.16 bits per heavy atom. The molecule has 1 aliphatic carbocycles. The lowest BCUT2D eigenvalue weighted by molar-refractivity contribution is 0.00515. The number of aliphatic hydroxyl groups is 1. The highest BCUT2D eigenvalue weighted by atomic mass is 16.7. The number of epoxide rings is 2. The molecule has 0 aromatic carbocycles. The van der Waals surface area contributed by atoms with Gasteiger partial charge in [-0.1, -0.05) is 11.6 Å². The molecule has 0 radical (unpaired) electrons. The second-order valence-electron chi connectivity index (χ2n) is 11.3. The Morgan fingerprint density at radius 2 is 1.91 bits per heavy atom. The third kappa shape index (κ3) is 4.59. The number of nitrogens with zero attached hydrogens (tertiary/aromatic N) is 2. The maximum absolute atomic E-state index is 12.5. The molecule has 4 atom stereocenters. The fraction of sp³-hybridized carbons (Fsp3) is 0.880. The van der Waals surface area contributed by atoms with E-state index in [1.165, 1.54) is 5.57 Å². The molecule has 0 aromatic rings. The summed E-state index contributed by atoms with van der Waals surface area (Å²) in [6.07, 6.45) is 9.03. The Morgan fingerprint density at radius 3 is 2.56 bits per heavy atom. The molecule has 32 heavy (non-hydrogen) atoms. The van der Waals surface area contributed by atoms with Gasteiger partial charge in [-0.25, -0.2) is 4.79 Å². The number of amides is 1. The minimum Gasteiger partial charge on any atom is -0.446 e. The van der Waals surface area contributed by atoms with Crippen molar-refractivity contribution >= 4 is 6.09 Å². The molecule has 1 N–H and O–H groups in total. The van der Waals surface area contributed by atoms with Gasteiger partial charge in [-0.2, -0.15) is 0 Å². The molecule has 7 heteroatoms. The third-order valence-corrected chi connectivity index (χ3v) is 8.38. The van der Waals surface area contributed by atoms with Gasteiger partial charge in [0.05, 0.1) is 17.8 Å². The van der Waals surface area contributed by atoms with Crippen molar-refractivity contribution in [2.75, 3.05) is 32.7 Å². The minimum atomic E-state index is -0.155. The molecule has 4 aliphatic heterocycles. The van der Waals surface area contributed by atoms with Crippen LogP contribution in [0.4, 0.5) is 4.79 Å². The van der Waals surface area contributed by atoms with E-state index in [4.69, 9.17) is 14.2 Å². The number of carbonyl (C=O) groups excluding carboxylic acids is 1. The van der Waals surface area contributed by atoms with E-state index >= 15 is 0 Å². The summed E-state index contributed by atoms with van der Waals surface area (Å²) in [5.41, 5.74) is 1.13. The summed E-state index contributed by atoms with van der Waals surface area (Å²) >= 11 is 0. The average Bonchev–Trinajstić information content (AvgIpc) is 3.55. The zero-order chi connectivity index (χ0) is 22.5. The van der Waals surface area contributed by atoms with Crippen molar-refractivity contribution < 1.29 is 24.1 Å². The van der Waals surface area contributed by atoms with Crippen LogP contribution in [0.1, 0.15) is 65.7 Å². The van der Waals surface area contributed by atoms with Crippen molar-refractivity contribution in [1.29, 1.82) is 0 Å². The van der Waals surface area contributed by atoms with Crippen LogP contribution >= 0.6 is 0 Å². The first-order chi connectivity index (χ1) is 15.3. The molecule has 5 rings (SSSR count). The normalized spacial score (nSPS) is 41.4. The van der Waals surface area contributed by atoms with Gasteiger partial charge in [-0.3, -0.25) is 0 Å². The highest BCUT2D eigenvalue weighted by Crippen LogP contribution is 2.60. The Balaban J connectivity index is 0.985. The van der Waals surface area contributed by atoms with Gasteiger partial charge in [-0.15, -0.1) is 0 Å². The zero-order valence-corrected chi connectivity index (χ0v) is 19.9. The maximum atomic E-state index is 12.5. The van der Waals surface area contributed by atoms with Crippen molar-refractivity contribution in [3.8, 4) is 0 Å². The highest BCUT2D eigenvalue weighted by Gasteiger charge is 2.73. The second-order valence-corrected chi connectivity index (χ2v) is 11.3. The van der Waals surface area contributed by atoms with Crippen molar-refractivity contribution in [3.63, 3.8) is 0 Å². The quantitative estimate of drug-likeness (QED) is 0.476. The van der Waals surface area contributed by atoms with E-state index < -0.39 is 0 Å². The van der Waals surface area contributed by atoms with Crippen LogP contribution in [0.3, 0.4) is 0 Å². The summed E-state index contributed by atoms with van der Waals surface area (Å²) in [5.74, 6) is 0.564. The van der Waals surface area contributed by atoms with Crippen LogP contribution in [0.15, 0.2) is 11.6 Å². The average molecular weight is 449 g/mol. The van der Waals surface area contributed by atoms with Gasteiger partial charge < -0.3 is 29.1 Å². The second kappa shape index (κ2) is 8.57. The van der Waals surface area contributed by atoms with Crippen molar-refractivity contribution in [1.82, 2.24) is 9.80 Å². The van der Waals surface area contributed by atoms with Crippen LogP contribution in [0, 0.1) is 5.92 Å². The number of carbonyl (C=O) groups is 1. The van der Waals surface area contributed by atoms with Crippen molar-refractivity contribution in [2.24, 2.45) is 5.92 Å². The largest absolute Gasteiger partial charge is 0.446 e. The molecular formula is C25H40N2O5. The lowest BCUT2D eigenvalue weighted by Crippen LogP contribution is -2.51. The summed E-state index contributed by atoms with van der Waals surface area (Å²) in [5, 5.41) is 9.62. The molecule has 1 saturated carbocycles. The summed E-state index contributed by atoms with van der Waals surface area (Å²) < 4.78 is 18.1. The van der Waals surface area contributed by atoms with Gasteiger partial charge in [-0.05, 0) is 78.2 Å². The van der Waals surface area contributed by atoms with E-state index in [0.29, 0.717) is 5.92 Å². The minimum absolute atomic E-state index is 0.0116. The first kappa shape index (κ1) is 22.6. The summed E-state index contributed by atoms with van der Waals surface area (Å²) in [4.78, 5) is 16.7. The van der Waals surface area contributed by atoms with E-state index in [1.54, 1.807) is 0 Å². The lowest BCUT2D eigenvalue weighted by atomic mass is 9.80. The van der Waals surface area contributed by atoms with Gasteiger partial charge >= 0.3 is 6.09 Å². The Bertz CT molecular complexity index is 739. The van der Waals surface area contributed by atoms with E-state index in [2.05, 4.69) is 31.7 Å². The summed E-state index contributed by atoms with van der Waals surface area (Å²) in [6, 6.07) is 0. The molecule has 2 unspecified atom stereocenters. The molecule has 5 fully saturated rings. The van der Waals surface area contributed by atoms with Gasteiger partial charge in [0.1, 0.15) is 17.8 Å². The highest BCUT2D eigenvalue weighted by molar-refractivity contribution is 5.68. The van der Waals surface area contributed by atoms with Crippen LogP contribution in [-0.4, -0.2) is 89.3 Å². The predicted octanol–water partition coefficient (Wildman–Crippen LogP) is 3.11. The first-order valence-corrected chi connectivity index (χ1v) is 12.6. The Hall–Kier alpha value is -1.15. The number of hydrogen-bond acceptors (Lipinski definition) is 6. The fourth-order valence-electron chi connectivity index (χ4n) is 6.04. The molecule has 1 spiro atoms. The molecule has 0 bridgehead atoms. The number of rotatable bonds is 7. The molecule has 5 aliphatic rings. The molecular weight excluding hydrogens is 408 g/mol. The molecule has 180 valence electrons. The molecule has 4 saturated heterocycles. The number of aliphatic hydroxyl groups excluding tert-OH is 1. The van der Waals surface area contributed by atoms with Crippen LogP contribution in [0.5, 0.6) is 0 Å². The van der Waals surface area contributed by atoms with Gasteiger partial charge in [0.15, 0.2) is 0 Å². The number of ether oxygens (including phenoxy) is 3. The van der Waals surface area contributed by atoms with E-state index in [-0.39, 0.29) is 41.7 Å². The van der Waals surface area contributed by atoms with E-state index in [0.717, 1.165) is 77.7 Å². The standard InChI is InChI=1S/C25H40N2O5/c1-17(2)4-5-21-24(3,31-21)22-25(32-22)10-6-20(7-11-25)30-23(29)27-14-18(15-27)8-12-26-13-9-19(28)16-26/h4,18-22,28H,5-16H2,1-3H3/t19?,20?,21-,22?,24-,25?/m1/s1. The van der Waals surface area contributed by atoms with Crippen molar-refractivity contribution in [2.45, 2.75) is 101 Å². The maximum Gasteiger partial charge on any atom is 0.410 e. The van der Waals surface area contributed by atoms with E-state index in [9.17, 15) is 9.90 Å². The van der Waals surface area contributed by atoms with E-state index in [1.807, 2.05) is 4.90 Å². The molecule has 0 aromatic heterocycles. The van der Waals surface area contributed by atoms with Crippen LogP contribution in [0.25, 0.3) is 0 Å². The first-order valence-electron chi connectivity index (χ1n) is 12.6. The van der Waals surface area contributed by atoms with Crippen LogP contribution < -0.4 is 0 Å². The smallest absolute Gasteiger partial charge is 0.410 e. The van der Waals surface area contributed by atoms with Crippen molar-refractivity contribution in [3.05, 3.63) is 11.6 Å². The van der Waals surface area contributed by atoms with Crippen LogP contribution in [-0.2, 0) is 14.2 Å². The molecule has 4 heterocycles. The summed E-state index contributed by atoms with van der Waals surface area (Å²) in [6.45, 7) is 10.9. The predicted molar refractivity (Wildman–Crippen MR) is 120 cm³/mol. The lowest BCUT2D eigenvalue weighted by Gasteiger charge is -2.40. The van der Waals surface area contributed by atoms with Gasteiger partial charge in [0.25, 0.3) is 0 Å². The van der Waals surface area contributed by atoms with Gasteiger partial charge in [0, 0.05) is 26.2 Å². The van der Waals surface area contributed by atoms with Crippen LogP contribution in [0.2, 0.25) is 0 Å². The number of hydrogen-bond donors (Lipinski definition) is 1. The Kier molecular flexibility index (Phi) is 6.06. The zero-order valence-electron chi connectivity index (χ0n) is 19.9. The molecule has 7 nitrogen and oxygen atoms in total. The SMILES string of the molecule is CC(C)=CC[C@H]1O[C@@]1(C)C1OC12CCC(OC(=O)N1CC(CCN3CCC(O)C3)C1)CC2. The number of likely N-dealkylation sites (tertiary alicyclic amines) is 2. The number of β-amino-alcohol motifs (C(OH)–C–C–N with tert-alkyl or cyclic N) is 1. The molecule has 1 amide bonds. The van der Waals surface area contributed by atoms with Gasteiger partial charge in [0.2, 0.25) is 0 Å². The Labute approximate surface area is 192 Å². The third-order valence-electron chi connectivity index (χ3n) is 8.38. The number of allylic oxidation sites excluding steroid dienone is 1. The fourth-order valence-corrected chi connectivity index (χ4v) is 6.04. The summed E-state index contributed by atoms with van der Waals surface area (Å²) in [7, 11) is 0.